The lowest BCUT2D eigenvalue weighted by Gasteiger charge is -2.30. The molecular formula is C14H17F3N2O4. The number of aryl methyl sites for hydroxylation is 1. The Morgan fingerprint density at radius 1 is 1.30 bits per heavy atom. The monoisotopic (exact) mass is 334 g/mol. The average Bonchev–Trinajstić information content (AvgIpc) is 2.45. The molecule has 0 saturated heterocycles. The van der Waals surface area contributed by atoms with Crippen LogP contribution in [0.4, 0.5) is 13.2 Å². The molecular weight excluding hydrogens is 317 g/mol. The molecule has 1 atom stereocenters. The van der Waals surface area contributed by atoms with Crippen LogP contribution in [0.3, 0.4) is 0 Å². The first-order valence-electron chi connectivity index (χ1n) is 6.82. The lowest BCUT2D eigenvalue weighted by Crippen LogP contribution is -2.62. The number of halogens is 3. The molecule has 1 rings (SSSR count). The molecule has 0 radical (unpaired) electrons. The minimum absolute atomic E-state index is 0.109. The molecule has 0 saturated carbocycles. The Balaban J connectivity index is 2.80. The third-order valence-electron chi connectivity index (χ3n) is 3.12. The summed E-state index contributed by atoms with van der Waals surface area (Å²) in [6.07, 6.45) is -4.00. The molecule has 1 unspecified atom stereocenters. The molecule has 1 aromatic rings. The Morgan fingerprint density at radius 3 is 2.48 bits per heavy atom. The van der Waals surface area contributed by atoms with E-state index in [0.29, 0.717) is 6.92 Å². The van der Waals surface area contributed by atoms with Crippen LogP contribution in [0.2, 0.25) is 0 Å². The second-order valence-corrected chi connectivity index (χ2v) is 4.87. The normalized spacial score (nSPS) is 14.0. The number of pyridine rings is 1. The van der Waals surface area contributed by atoms with Crippen molar-refractivity contribution in [3.8, 4) is 0 Å². The molecule has 0 aliphatic carbocycles. The molecule has 23 heavy (non-hydrogen) atoms. The van der Waals surface area contributed by atoms with Crippen LogP contribution in [0, 0.1) is 0 Å². The van der Waals surface area contributed by atoms with E-state index in [-0.39, 0.29) is 18.7 Å². The first kappa shape index (κ1) is 18.7. The van der Waals surface area contributed by atoms with Crippen LogP contribution < -0.4 is 10.9 Å². The number of carbonyl (C=O) groups excluding carboxylic acids is 2. The number of esters is 1. The zero-order chi connectivity index (χ0) is 17.7. The van der Waals surface area contributed by atoms with E-state index < -0.39 is 30.0 Å². The number of ether oxygens (including phenoxy) is 1. The maximum atomic E-state index is 13.1. The van der Waals surface area contributed by atoms with Gasteiger partial charge < -0.3 is 14.6 Å². The minimum atomic E-state index is -5.02. The van der Waals surface area contributed by atoms with Crippen molar-refractivity contribution in [1.29, 1.82) is 0 Å². The van der Waals surface area contributed by atoms with Crippen LogP contribution in [0.1, 0.15) is 20.3 Å². The van der Waals surface area contributed by atoms with E-state index in [2.05, 4.69) is 4.74 Å². The first-order chi connectivity index (χ1) is 10.6. The summed E-state index contributed by atoms with van der Waals surface area (Å²) in [5, 5.41) is 1.65. The van der Waals surface area contributed by atoms with Gasteiger partial charge in [-0.25, -0.2) is 4.79 Å². The summed E-state index contributed by atoms with van der Waals surface area (Å²) in [6.45, 7) is 1.54. The van der Waals surface area contributed by atoms with Crippen molar-refractivity contribution in [3.63, 3.8) is 0 Å². The highest BCUT2D eigenvalue weighted by Crippen LogP contribution is 2.31. The number of hydrogen-bond donors (Lipinski definition) is 1. The van der Waals surface area contributed by atoms with Gasteiger partial charge in [-0.3, -0.25) is 9.59 Å². The number of nitrogens with zero attached hydrogens (tertiary/aromatic N) is 1. The Kier molecular flexibility index (Phi) is 5.94. The van der Waals surface area contributed by atoms with Crippen LogP contribution in [0.25, 0.3) is 0 Å². The fourth-order valence-electron chi connectivity index (χ4n) is 1.72. The van der Waals surface area contributed by atoms with Crippen LogP contribution in [0.5, 0.6) is 0 Å². The smallest absolute Gasteiger partial charge is 0.422 e. The van der Waals surface area contributed by atoms with Crippen molar-refractivity contribution >= 4 is 11.9 Å². The highest BCUT2D eigenvalue weighted by atomic mass is 19.4. The zero-order valence-corrected chi connectivity index (χ0v) is 12.6. The second-order valence-electron chi connectivity index (χ2n) is 4.87. The number of nitrogens with one attached hydrogen (secondary N) is 1. The first-order valence-corrected chi connectivity index (χ1v) is 6.82. The van der Waals surface area contributed by atoms with Gasteiger partial charge in [-0.05, 0) is 19.9 Å². The van der Waals surface area contributed by atoms with E-state index in [1.807, 2.05) is 0 Å². The second kappa shape index (κ2) is 7.30. The van der Waals surface area contributed by atoms with Crippen LogP contribution >= 0.6 is 0 Å². The summed E-state index contributed by atoms with van der Waals surface area (Å²) in [7, 11) is 0. The number of aromatic nitrogens is 1. The lowest BCUT2D eigenvalue weighted by atomic mass is 10.0. The predicted molar refractivity (Wildman–Crippen MR) is 74.6 cm³/mol. The van der Waals surface area contributed by atoms with E-state index in [1.54, 1.807) is 11.4 Å². The summed E-state index contributed by atoms with van der Waals surface area (Å²) in [4.78, 5) is 34.8. The van der Waals surface area contributed by atoms with E-state index >= 15 is 0 Å². The van der Waals surface area contributed by atoms with E-state index in [9.17, 15) is 27.6 Å². The van der Waals surface area contributed by atoms with Crippen LogP contribution in [-0.2, 0) is 20.9 Å². The van der Waals surface area contributed by atoms with Gasteiger partial charge in [0.2, 0.25) is 11.4 Å². The van der Waals surface area contributed by atoms with Gasteiger partial charge in [0.05, 0.1) is 6.61 Å². The van der Waals surface area contributed by atoms with Crippen molar-refractivity contribution in [1.82, 2.24) is 9.88 Å². The SMILES string of the molecule is CCOC(=O)C(C)(NC(=O)CCn1ccccc1=O)C(F)(F)F. The third-order valence-corrected chi connectivity index (χ3v) is 3.12. The van der Waals surface area contributed by atoms with E-state index in [4.69, 9.17) is 0 Å². The summed E-state index contributed by atoms with van der Waals surface area (Å²) in [5.41, 5.74) is -3.52. The van der Waals surface area contributed by atoms with Gasteiger partial charge in [0.1, 0.15) is 0 Å². The fourth-order valence-corrected chi connectivity index (χ4v) is 1.72. The molecule has 9 heteroatoms. The van der Waals surface area contributed by atoms with Gasteiger partial charge >= 0.3 is 12.1 Å². The molecule has 0 aliphatic rings. The van der Waals surface area contributed by atoms with Gasteiger partial charge in [-0.15, -0.1) is 0 Å². The highest BCUT2D eigenvalue weighted by molar-refractivity contribution is 5.88. The molecule has 0 fully saturated rings. The summed E-state index contributed by atoms with van der Waals surface area (Å²) in [6, 6.07) is 4.31. The number of amides is 1. The largest absolute Gasteiger partial charge is 0.464 e. The Labute approximate surface area is 130 Å². The molecule has 128 valence electrons. The van der Waals surface area contributed by atoms with E-state index in [0.717, 1.165) is 0 Å². The molecule has 0 aliphatic heterocycles. The molecule has 1 amide bonds. The molecule has 0 aromatic carbocycles. The lowest BCUT2D eigenvalue weighted by molar-refractivity contribution is -0.210. The number of rotatable bonds is 6. The quantitative estimate of drug-likeness (QED) is 0.794. The fraction of sp³-hybridized carbons (Fsp3) is 0.500. The summed E-state index contributed by atoms with van der Waals surface area (Å²) in [5.74, 6) is -2.61. The molecule has 0 bridgehead atoms. The van der Waals surface area contributed by atoms with E-state index in [1.165, 1.54) is 29.8 Å². The Hall–Kier alpha value is -2.32. The molecule has 6 nitrogen and oxygen atoms in total. The Morgan fingerprint density at radius 2 is 1.96 bits per heavy atom. The number of hydrogen-bond acceptors (Lipinski definition) is 4. The van der Waals surface area contributed by atoms with Gasteiger partial charge in [0.15, 0.2) is 0 Å². The molecule has 0 spiro atoms. The predicted octanol–water partition coefficient (Wildman–Crippen LogP) is 1.24. The van der Waals surface area contributed by atoms with Gasteiger partial charge in [-0.2, -0.15) is 13.2 Å². The summed E-state index contributed by atoms with van der Waals surface area (Å²) < 4.78 is 44.8. The van der Waals surface area contributed by atoms with Gasteiger partial charge in [0, 0.05) is 25.2 Å². The molecule has 1 N–H and O–H groups in total. The molecule has 1 heterocycles. The Bertz CT molecular complexity index is 627. The van der Waals surface area contributed by atoms with Crippen molar-refractivity contribution in [2.75, 3.05) is 6.61 Å². The third kappa shape index (κ3) is 4.57. The maximum absolute atomic E-state index is 13.1. The van der Waals surface area contributed by atoms with Crippen molar-refractivity contribution < 1.29 is 27.5 Å². The molecule has 1 aromatic heterocycles. The number of alkyl halides is 3. The zero-order valence-electron chi connectivity index (χ0n) is 12.6. The minimum Gasteiger partial charge on any atom is -0.464 e. The van der Waals surface area contributed by atoms with Gasteiger partial charge in [-0.1, -0.05) is 6.07 Å². The number of carbonyl (C=O) groups is 2. The van der Waals surface area contributed by atoms with Crippen LogP contribution in [0.15, 0.2) is 29.2 Å². The standard InChI is InChI=1S/C14H17F3N2O4/c1-3-23-12(22)13(2,14(15,16)17)18-10(20)7-9-19-8-5-4-6-11(19)21/h4-6,8H,3,7,9H2,1-2H3,(H,18,20). The van der Waals surface area contributed by atoms with Crippen molar-refractivity contribution in [2.45, 2.75) is 38.5 Å². The van der Waals surface area contributed by atoms with Gasteiger partial charge in [0.25, 0.3) is 5.56 Å². The highest BCUT2D eigenvalue weighted by Gasteiger charge is 2.59. The maximum Gasteiger partial charge on any atom is 0.422 e. The summed E-state index contributed by atoms with van der Waals surface area (Å²) >= 11 is 0. The van der Waals surface area contributed by atoms with Crippen molar-refractivity contribution in [2.24, 2.45) is 0 Å². The average molecular weight is 334 g/mol. The van der Waals surface area contributed by atoms with Crippen LogP contribution in [-0.4, -0.2) is 34.8 Å². The topological polar surface area (TPSA) is 77.4 Å². The van der Waals surface area contributed by atoms with Crippen molar-refractivity contribution in [3.05, 3.63) is 34.7 Å².